The van der Waals surface area contributed by atoms with Crippen molar-refractivity contribution in [1.82, 2.24) is 9.80 Å². The Morgan fingerprint density at radius 1 is 1.07 bits per heavy atom. The zero-order chi connectivity index (χ0) is 20.0. The fourth-order valence-electron chi connectivity index (χ4n) is 5.15. The van der Waals surface area contributed by atoms with Gasteiger partial charge in [-0.3, -0.25) is 9.69 Å². The molecule has 6 heteroatoms. The fourth-order valence-corrected chi connectivity index (χ4v) is 5.15. The van der Waals surface area contributed by atoms with Gasteiger partial charge in [0.1, 0.15) is 19.0 Å². The van der Waals surface area contributed by atoms with Crippen molar-refractivity contribution in [1.29, 1.82) is 0 Å². The summed E-state index contributed by atoms with van der Waals surface area (Å²) in [5.41, 5.74) is 2.09. The molecule has 29 heavy (non-hydrogen) atoms. The van der Waals surface area contributed by atoms with Gasteiger partial charge in [-0.05, 0) is 41.3 Å². The maximum absolute atomic E-state index is 13.9. The number of likely N-dealkylation sites (tertiary alicyclic amines) is 2. The van der Waals surface area contributed by atoms with Crippen LogP contribution >= 0.6 is 0 Å². The molecule has 3 heterocycles. The summed E-state index contributed by atoms with van der Waals surface area (Å²) in [5, 5.41) is 0. The van der Waals surface area contributed by atoms with Crippen molar-refractivity contribution in [2.24, 2.45) is 11.8 Å². The third-order valence-corrected chi connectivity index (χ3v) is 6.35. The van der Waals surface area contributed by atoms with Crippen LogP contribution in [0, 0.1) is 17.7 Å². The molecule has 0 N–H and O–H groups in total. The predicted molar refractivity (Wildman–Crippen MR) is 106 cm³/mol. The van der Waals surface area contributed by atoms with E-state index in [1.165, 1.54) is 11.6 Å². The van der Waals surface area contributed by atoms with Gasteiger partial charge in [-0.25, -0.2) is 4.39 Å². The van der Waals surface area contributed by atoms with Gasteiger partial charge < -0.3 is 14.4 Å². The molecular formula is C23H25FN2O3. The third-order valence-electron chi connectivity index (χ3n) is 6.35. The highest BCUT2D eigenvalue weighted by Crippen LogP contribution is 2.45. The quantitative estimate of drug-likeness (QED) is 0.799. The van der Waals surface area contributed by atoms with Gasteiger partial charge in [0, 0.05) is 39.0 Å². The Labute approximate surface area is 170 Å². The number of fused-ring (bicyclic) bond motifs is 2. The number of amides is 1. The molecule has 3 aliphatic heterocycles. The first-order valence-corrected chi connectivity index (χ1v) is 10.2. The number of hydrogen-bond donors (Lipinski definition) is 0. The topological polar surface area (TPSA) is 42.0 Å². The van der Waals surface area contributed by atoms with Crippen molar-refractivity contribution in [3.05, 3.63) is 59.4 Å². The molecule has 0 saturated carbocycles. The number of benzene rings is 2. The van der Waals surface area contributed by atoms with E-state index in [4.69, 9.17) is 9.47 Å². The highest BCUT2D eigenvalue weighted by Gasteiger charge is 2.48. The van der Waals surface area contributed by atoms with E-state index in [2.05, 4.69) is 17.0 Å². The van der Waals surface area contributed by atoms with E-state index in [0.717, 1.165) is 43.2 Å². The highest BCUT2D eigenvalue weighted by molar-refractivity contribution is 5.74. The summed E-state index contributed by atoms with van der Waals surface area (Å²) in [6.45, 7) is 6.19. The molecule has 5 nitrogen and oxygen atoms in total. The molecule has 3 atom stereocenters. The van der Waals surface area contributed by atoms with Crippen LogP contribution in [0.5, 0.6) is 11.5 Å². The molecule has 2 saturated heterocycles. The van der Waals surface area contributed by atoms with E-state index < -0.39 is 0 Å². The van der Waals surface area contributed by atoms with E-state index in [9.17, 15) is 9.18 Å². The number of carbonyl (C=O) groups is 1. The Balaban J connectivity index is 1.34. The van der Waals surface area contributed by atoms with Crippen molar-refractivity contribution >= 4 is 5.91 Å². The molecule has 5 rings (SSSR count). The van der Waals surface area contributed by atoms with E-state index in [0.29, 0.717) is 25.0 Å². The number of halogens is 1. The molecule has 0 aromatic heterocycles. The number of rotatable bonds is 3. The summed E-state index contributed by atoms with van der Waals surface area (Å²) in [6, 6.07) is 12.8. The molecule has 2 aromatic rings. The molecule has 2 aromatic carbocycles. The lowest BCUT2D eigenvalue weighted by atomic mass is 9.89. The standard InChI is InChI=1S/C23H25FN2O3/c1-15(27)26-13-18-12-25(11-16-5-6-21-22(9-16)29-8-7-28-21)14-20(18)23(26)17-3-2-4-19(24)10-17/h2-6,9-10,18,20,23H,7-8,11-14H2,1H3/t18-,20-,23-/m1/s1. The highest BCUT2D eigenvalue weighted by atomic mass is 19.1. The Kier molecular flexibility index (Phi) is 4.66. The zero-order valence-electron chi connectivity index (χ0n) is 16.5. The van der Waals surface area contributed by atoms with Gasteiger partial charge in [-0.1, -0.05) is 18.2 Å². The van der Waals surface area contributed by atoms with Gasteiger partial charge in [0.15, 0.2) is 11.5 Å². The fraction of sp³-hybridized carbons (Fsp3) is 0.435. The van der Waals surface area contributed by atoms with Crippen molar-refractivity contribution in [3.8, 4) is 11.5 Å². The zero-order valence-corrected chi connectivity index (χ0v) is 16.5. The largest absolute Gasteiger partial charge is 0.486 e. The normalized spacial score (nSPS) is 25.9. The molecular weight excluding hydrogens is 371 g/mol. The summed E-state index contributed by atoms with van der Waals surface area (Å²) in [6.07, 6.45) is 0. The molecule has 3 aliphatic rings. The summed E-state index contributed by atoms with van der Waals surface area (Å²) >= 11 is 0. The van der Waals surface area contributed by atoms with E-state index >= 15 is 0 Å². The molecule has 152 valence electrons. The van der Waals surface area contributed by atoms with Crippen molar-refractivity contribution < 1.29 is 18.7 Å². The van der Waals surface area contributed by atoms with Crippen LogP contribution in [0.1, 0.15) is 24.1 Å². The Hall–Kier alpha value is -2.60. The van der Waals surface area contributed by atoms with Crippen LogP contribution in [-0.4, -0.2) is 48.6 Å². The SMILES string of the molecule is CC(=O)N1C[C@H]2CN(Cc3ccc4c(c3)OCCO4)C[C@H]2[C@H]1c1cccc(F)c1. The second kappa shape index (κ2) is 7.34. The van der Waals surface area contributed by atoms with Gasteiger partial charge in [-0.2, -0.15) is 0 Å². The van der Waals surface area contributed by atoms with Crippen LogP contribution in [0.2, 0.25) is 0 Å². The van der Waals surface area contributed by atoms with Crippen molar-refractivity contribution in [3.63, 3.8) is 0 Å². The predicted octanol–water partition coefficient (Wildman–Crippen LogP) is 3.25. The molecule has 0 aliphatic carbocycles. The average Bonchev–Trinajstić information content (AvgIpc) is 3.25. The monoisotopic (exact) mass is 396 g/mol. The van der Waals surface area contributed by atoms with E-state index in [-0.39, 0.29) is 17.8 Å². The lowest BCUT2D eigenvalue weighted by molar-refractivity contribution is -0.130. The lowest BCUT2D eigenvalue weighted by Crippen LogP contribution is -2.34. The smallest absolute Gasteiger partial charge is 0.219 e. The summed E-state index contributed by atoms with van der Waals surface area (Å²) < 4.78 is 25.2. The first kappa shape index (κ1) is 18.4. The second-order valence-electron chi connectivity index (χ2n) is 8.27. The number of ether oxygens (including phenoxy) is 2. The average molecular weight is 396 g/mol. The van der Waals surface area contributed by atoms with E-state index in [1.807, 2.05) is 17.0 Å². The number of nitrogens with zero attached hydrogens (tertiary/aromatic N) is 2. The van der Waals surface area contributed by atoms with Crippen LogP contribution < -0.4 is 9.47 Å². The van der Waals surface area contributed by atoms with Crippen LogP contribution in [0.25, 0.3) is 0 Å². The lowest BCUT2D eigenvalue weighted by Gasteiger charge is -2.29. The van der Waals surface area contributed by atoms with Gasteiger partial charge in [-0.15, -0.1) is 0 Å². The van der Waals surface area contributed by atoms with Gasteiger partial charge >= 0.3 is 0 Å². The molecule has 0 spiro atoms. The van der Waals surface area contributed by atoms with Crippen LogP contribution in [0.15, 0.2) is 42.5 Å². The van der Waals surface area contributed by atoms with Gasteiger partial charge in [0.25, 0.3) is 0 Å². The van der Waals surface area contributed by atoms with Gasteiger partial charge in [0.2, 0.25) is 5.91 Å². The van der Waals surface area contributed by atoms with Crippen LogP contribution in [0.3, 0.4) is 0 Å². The van der Waals surface area contributed by atoms with Crippen molar-refractivity contribution in [2.75, 3.05) is 32.8 Å². The van der Waals surface area contributed by atoms with E-state index in [1.54, 1.807) is 19.1 Å². The number of hydrogen-bond acceptors (Lipinski definition) is 4. The molecule has 0 unspecified atom stereocenters. The minimum Gasteiger partial charge on any atom is -0.486 e. The Bertz CT molecular complexity index is 934. The second-order valence-corrected chi connectivity index (χ2v) is 8.27. The molecule has 0 bridgehead atoms. The summed E-state index contributed by atoms with van der Waals surface area (Å²) in [7, 11) is 0. The Morgan fingerprint density at radius 3 is 2.69 bits per heavy atom. The molecule has 0 radical (unpaired) electrons. The summed E-state index contributed by atoms with van der Waals surface area (Å²) in [5.74, 6) is 2.16. The maximum Gasteiger partial charge on any atom is 0.219 e. The Morgan fingerprint density at radius 2 is 1.90 bits per heavy atom. The molecule has 2 fully saturated rings. The van der Waals surface area contributed by atoms with Crippen LogP contribution in [-0.2, 0) is 11.3 Å². The summed E-state index contributed by atoms with van der Waals surface area (Å²) in [4.78, 5) is 16.6. The minimum absolute atomic E-state index is 0.0570. The minimum atomic E-state index is -0.249. The maximum atomic E-state index is 13.9. The van der Waals surface area contributed by atoms with Crippen LogP contribution in [0.4, 0.5) is 4.39 Å². The van der Waals surface area contributed by atoms with Gasteiger partial charge in [0.05, 0.1) is 6.04 Å². The first-order valence-electron chi connectivity index (χ1n) is 10.2. The van der Waals surface area contributed by atoms with Crippen molar-refractivity contribution in [2.45, 2.75) is 19.5 Å². The first-order chi connectivity index (χ1) is 14.1. The molecule has 1 amide bonds. The third kappa shape index (κ3) is 3.46. The number of carbonyl (C=O) groups excluding carboxylic acids is 1.